The number of aliphatic hydroxyl groups excluding tert-OH is 2. The van der Waals surface area contributed by atoms with Crippen molar-refractivity contribution in [2.45, 2.75) is 6.92 Å². The predicted molar refractivity (Wildman–Crippen MR) is 136 cm³/mol. The SMILES string of the molecule is C/C(=N\Nc1nc(-c2ccccc2)c(-c2ccccc2)o1)c1ccc(N(CCO)CCO)cc1. The van der Waals surface area contributed by atoms with Gasteiger partial charge in [-0.1, -0.05) is 72.8 Å². The first-order chi connectivity index (χ1) is 16.7. The van der Waals surface area contributed by atoms with Crippen molar-refractivity contribution in [3.63, 3.8) is 0 Å². The molecule has 0 saturated carbocycles. The zero-order chi connectivity index (χ0) is 23.8. The molecule has 0 unspecified atom stereocenters. The zero-order valence-corrected chi connectivity index (χ0v) is 19.1. The summed E-state index contributed by atoms with van der Waals surface area (Å²) in [4.78, 5) is 6.59. The van der Waals surface area contributed by atoms with Crippen molar-refractivity contribution in [2.24, 2.45) is 5.10 Å². The summed E-state index contributed by atoms with van der Waals surface area (Å²) in [5.41, 5.74) is 8.24. The molecule has 3 aromatic carbocycles. The van der Waals surface area contributed by atoms with Gasteiger partial charge in [-0.2, -0.15) is 10.1 Å². The first kappa shape index (κ1) is 23.2. The lowest BCUT2D eigenvalue weighted by atomic mass is 10.1. The second kappa shape index (κ2) is 11.3. The van der Waals surface area contributed by atoms with E-state index >= 15 is 0 Å². The van der Waals surface area contributed by atoms with Crippen molar-refractivity contribution in [1.29, 1.82) is 0 Å². The Morgan fingerprint density at radius 2 is 1.44 bits per heavy atom. The topological polar surface area (TPSA) is 94.1 Å². The summed E-state index contributed by atoms with van der Waals surface area (Å²) in [6, 6.07) is 27.9. The van der Waals surface area contributed by atoms with Crippen LogP contribution in [0.3, 0.4) is 0 Å². The van der Waals surface area contributed by atoms with Gasteiger partial charge in [0.05, 0.1) is 18.9 Å². The van der Waals surface area contributed by atoms with Crippen LogP contribution in [-0.4, -0.2) is 47.2 Å². The van der Waals surface area contributed by atoms with Crippen LogP contribution < -0.4 is 10.3 Å². The third-order valence-electron chi connectivity index (χ3n) is 5.42. The van der Waals surface area contributed by atoms with E-state index in [-0.39, 0.29) is 13.2 Å². The molecule has 174 valence electrons. The highest BCUT2D eigenvalue weighted by Gasteiger charge is 2.16. The standard InChI is InChI=1S/C27H28N4O3/c1-20(21-12-14-24(15-13-21)31(16-18-32)17-19-33)29-30-27-28-25(22-8-4-2-5-9-22)26(34-27)23-10-6-3-7-11-23/h2-15,32-33H,16-19H2,1H3,(H,28,30)/b29-20+. The molecule has 0 atom stereocenters. The van der Waals surface area contributed by atoms with Gasteiger partial charge in [-0.05, 0) is 24.6 Å². The number of aliphatic hydroxyl groups is 2. The van der Waals surface area contributed by atoms with Gasteiger partial charge in [0.2, 0.25) is 0 Å². The van der Waals surface area contributed by atoms with Crippen LogP contribution >= 0.6 is 0 Å². The number of nitrogens with one attached hydrogen (secondary N) is 1. The number of rotatable bonds is 10. The largest absolute Gasteiger partial charge is 0.422 e. The second-order valence-corrected chi connectivity index (χ2v) is 7.72. The highest BCUT2D eigenvalue weighted by atomic mass is 16.4. The average molecular weight is 457 g/mol. The highest BCUT2D eigenvalue weighted by molar-refractivity contribution is 5.99. The molecule has 0 aliphatic heterocycles. The number of hydrazone groups is 1. The highest BCUT2D eigenvalue weighted by Crippen LogP contribution is 2.34. The monoisotopic (exact) mass is 456 g/mol. The molecule has 1 aromatic heterocycles. The second-order valence-electron chi connectivity index (χ2n) is 7.72. The van der Waals surface area contributed by atoms with E-state index in [2.05, 4.69) is 15.5 Å². The van der Waals surface area contributed by atoms with E-state index in [1.54, 1.807) is 0 Å². The molecule has 4 aromatic rings. The van der Waals surface area contributed by atoms with Crippen LogP contribution in [0.15, 0.2) is 94.4 Å². The van der Waals surface area contributed by atoms with Gasteiger partial charge >= 0.3 is 6.01 Å². The minimum Gasteiger partial charge on any atom is -0.422 e. The normalized spacial score (nSPS) is 11.4. The van der Waals surface area contributed by atoms with Crippen LogP contribution in [0.2, 0.25) is 0 Å². The van der Waals surface area contributed by atoms with E-state index in [0.717, 1.165) is 33.8 Å². The number of benzene rings is 3. The average Bonchev–Trinajstić information content (AvgIpc) is 3.33. The first-order valence-electron chi connectivity index (χ1n) is 11.2. The fourth-order valence-corrected chi connectivity index (χ4v) is 3.67. The van der Waals surface area contributed by atoms with Gasteiger partial charge in [-0.3, -0.25) is 0 Å². The third kappa shape index (κ3) is 5.51. The first-order valence-corrected chi connectivity index (χ1v) is 11.2. The molecule has 0 bridgehead atoms. The van der Waals surface area contributed by atoms with Crippen LogP contribution in [0.4, 0.5) is 11.7 Å². The Labute approximate surface area is 199 Å². The van der Waals surface area contributed by atoms with E-state index in [1.807, 2.05) is 96.8 Å². The summed E-state index contributed by atoms with van der Waals surface area (Å²) in [5, 5.41) is 23.0. The molecule has 0 aliphatic rings. The lowest BCUT2D eigenvalue weighted by Gasteiger charge is -2.23. The third-order valence-corrected chi connectivity index (χ3v) is 5.42. The molecule has 34 heavy (non-hydrogen) atoms. The Hall–Kier alpha value is -3.94. The molecular formula is C27H28N4O3. The fourth-order valence-electron chi connectivity index (χ4n) is 3.67. The quantitative estimate of drug-likeness (QED) is 0.238. The van der Waals surface area contributed by atoms with Crippen molar-refractivity contribution in [3.8, 4) is 22.6 Å². The molecule has 4 rings (SSSR count). The van der Waals surface area contributed by atoms with Gasteiger partial charge in [0.15, 0.2) is 5.76 Å². The molecular weight excluding hydrogens is 428 g/mol. The van der Waals surface area contributed by atoms with Crippen LogP contribution in [0.25, 0.3) is 22.6 Å². The Kier molecular flexibility index (Phi) is 7.70. The maximum absolute atomic E-state index is 9.25. The van der Waals surface area contributed by atoms with E-state index in [0.29, 0.717) is 24.9 Å². The van der Waals surface area contributed by atoms with Crippen LogP contribution in [0.5, 0.6) is 0 Å². The van der Waals surface area contributed by atoms with Gasteiger partial charge in [0.25, 0.3) is 0 Å². The molecule has 0 amide bonds. The summed E-state index contributed by atoms with van der Waals surface area (Å²) < 4.78 is 6.06. The molecule has 0 fully saturated rings. The maximum atomic E-state index is 9.25. The van der Waals surface area contributed by atoms with Gasteiger partial charge in [0.1, 0.15) is 5.69 Å². The number of anilines is 2. The lowest BCUT2D eigenvalue weighted by Crippen LogP contribution is -2.29. The lowest BCUT2D eigenvalue weighted by molar-refractivity contribution is 0.281. The van der Waals surface area contributed by atoms with E-state index in [4.69, 9.17) is 4.42 Å². The Morgan fingerprint density at radius 1 is 0.853 bits per heavy atom. The number of hydrogen-bond acceptors (Lipinski definition) is 7. The number of hydrogen-bond donors (Lipinski definition) is 3. The van der Waals surface area contributed by atoms with Gasteiger partial charge in [0, 0.05) is 29.9 Å². The van der Waals surface area contributed by atoms with Gasteiger partial charge < -0.3 is 19.5 Å². The van der Waals surface area contributed by atoms with E-state index in [1.165, 1.54) is 0 Å². The molecule has 7 nitrogen and oxygen atoms in total. The van der Waals surface area contributed by atoms with Gasteiger partial charge in [-0.15, -0.1) is 0 Å². The predicted octanol–water partition coefficient (Wildman–Crippen LogP) is 4.64. The minimum absolute atomic E-state index is 0.0260. The molecule has 1 heterocycles. The van der Waals surface area contributed by atoms with Crippen molar-refractivity contribution in [3.05, 3.63) is 90.5 Å². The number of aromatic nitrogens is 1. The summed E-state index contributed by atoms with van der Waals surface area (Å²) >= 11 is 0. The molecule has 7 heteroatoms. The molecule has 3 N–H and O–H groups in total. The van der Waals surface area contributed by atoms with Crippen molar-refractivity contribution >= 4 is 17.4 Å². The van der Waals surface area contributed by atoms with E-state index < -0.39 is 0 Å². The maximum Gasteiger partial charge on any atom is 0.316 e. The summed E-state index contributed by atoms with van der Waals surface area (Å²) in [5.74, 6) is 0.680. The fraction of sp³-hybridized carbons (Fsp3) is 0.185. The molecule has 0 saturated heterocycles. The van der Waals surface area contributed by atoms with Crippen molar-refractivity contribution in [1.82, 2.24) is 4.98 Å². The van der Waals surface area contributed by atoms with Crippen molar-refractivity contribution < 1.29 is 14.6 Å². The summed E-state index contributed by atoms with van der Waals surface area (Å²) in [6.45, 7) is 2.88. The molecule has 0 spiro atoms. The van der Waals surface area contributed by atoms with Crippen LogP contribution in [0.1, 0.15) is 12.5 Å². The summed E-state index contributed by atoms with van der Waals surface area (Å²) in [6.07, 6.45) is 0. The number of oxazole rings is 1. The van der Waals surface area contributed by atoms with Crippen LogP contribution in [-0.2, 0) is 0 Å². The smallest absolute Gasteiger partial charge is 0.316 e. The zero-order valence-electron chi connectivity index (χ0n) is 19.1. The Bertz CT molecular complexity index is 1140. The number of nitrogens with zero attached hydrogens (tertiary/aromatic N) is 3. The molecule has 0 aliphatic carbocycles. The van der Waals surface area contributed by atoms with E-state index in [9.17, 15) is 10.2 Å². The minimum atomic E-state index is 0.0260. The molecule has 0 radical (unpaired) electrons. The van der Waals surface area contributed by atoms with Crippen molar-refractivity contribution in [2.75, 3.05) is 36.6 Å². The van der Waals surface area contributed by atoms with Crippen LogP contribution in [0, 0.1) is 0 Å². The van der Waals surface area contributed by atoms with Gasteiger partial charge in [-0.25, -0.2) is 5.43 Å². The summed E-state index contributed by atoms with van der Waals surface area (Å²) in [7, 11) is 0. The Balaban J connectivity index is 1.56. The Morgan fingerprint density at radius 3 is 2.03 bits per heavy atom.